The minimum absolute atomic E-state index is 0.0125. The van der Waals surface area contributed by atoms with Gasteiger partial charge in [-0.25, -0.2) is 13.1 Å². The molecule has 0 radical (unpaired) electrons. The van der Waals surface area contributed by atoms with Crippen LogP contribution in [0.25, 0.3) is 0 Å². The molecule has 134 valence electrons. The molecule has 1 fully saturated rings. The van der Waals surface area contributed by atoms with E-state index in [0.29, 0.717) is 6.42 Å². The van der Waals surface area contributed by atoms with Gasteiger partial charge in [-0.2, -0.15) is 0 Å². The van der Waals surface area contributed by atoms with Crippen molar-refractivity contribution >= 4 is 15.7 Å². The van der Waals surface area contributed by atoms with Gasteiger partial charge in [-0.05, 0) is 30.9 Å². The fourth-order valence-electron chi connectivity index (χ4n) is 3.22. The Morgan fingerprint density at radius 2 is 2.17 bits per heavy atom. The second kappa shape index (κ2) is 7.04. The van der Waals surface area contributed by atoms with Gasteiger partial charge in [-0.1, -0.05) is 19.8 Å². The fourth-order valence-corrected chi connectivity index (χ4v) is 4.77. The summed E-state index contributed by atoms with van der Waals surface area (Å²) in [5.41, 5.74) is 4.78. The Morgan fingerprint density at radius 1 is 1.46 bits per heavy atom. The van der Waals surface area contributed by atoms with Crippen LogP contribution in [-0.2, 0) is 10.0 Å². The lowest BCUT2D eigenvalue weighted by Gasteiger charge is -2.42. The molecule has 1 aromatic rings. The van der Waals surface area contributed by atoms with Crippen molar-refractivity contribution in [3.63, 3.8) is 0 Å². The van der Waals surface area contributed by atoms with Crippen molar-refractivity contribution in [1.82, 2.24) is 4.72 Å². The van der Waals surface area contributed by atoms with E-state index in [4.69, 9.17) is 10.5 Å². The van der Waals surface area contributed by atoms with Crippen LogP contribution in [-0.4, -0.2) is 32.5 Å². The number of ether oxygens (including phenoxy) is 1. The first-order chi connectivity index (χ1) is 11.3. The summed E-state index contributed by atoms with van der Waals surface area (Å²) >= 11 is 0. The molecule has 2 rings (SSSR count). The molecule has 1 saturated carbocycles. The average Bonchev–Trinajstić information content (AvgIpc) is 2.56. The quantitative estimate of drug-likeness (QED) is 0.591. The second-order valence-electron chi connectivity index (χ2n) is 6.20. The van der Waals surface area contributed by atoms with Crippen LogP contribution in [0.4, 0.5) is 5.69 Å². The predicted molar refractivity (Wildman–Crippen MR) is 89.4 cm³/mol. The monoisotopic (exact) mass is 357 g/mol. The number of nitrogens with zero attached hydrogens (tertiary/aromatic N) is 1. The number of nitro groups is 1. The number of nitrogens with one attached hydrogen (secondary N) is 1. The molecule has 2 atom stereocenters. The third kappa shape index (κ3) is 3.52. The summed E-state index contributed by atoms with van der Waals surface area (Å²) in [6.45, 7) is 2.16. The van der Waals surface area contributed by atoms with Gasteiger partial charge in [0.25, 0.3) is 0 Å². The minimum atomic E-state index is -3.93. The molecule has 0 aliphatic heterocycles. The number of rotatable bonds is 6. The Kier molecular flexibility index (Phi) is 5.46. The largest absolute Gasteiger partial charge is 0.490 e. The van der Waals surface area contributed by atoms with Gasteiger partial charge in [0.05, 0.1) is 16.9 Å². The van der Waals surface area contributed by atoms with E-state index in [9.17, 15) is 18.5 Å². The van der Waals surface area contributed by atoms with Gasteiger partial charge >= 0.3 is 5.69 Å². The zero-order valence-electron chi connectivity index (χ0n) is 13.8. The lowest BCUT2D eigenvalue weighted by molar-refractivity contribution is -0.386. The van der Waals surface area contributed by atoms with Crippen LogP contribution >= 0.6 is 0 Å². The van der Waals surface area contributed by atoms with Gasteiger partial charge in [0.1, 0.15) is 0 Å². The summed E-state index contributed by atoms with van der Waals surface area (Å²) in [5.74, 6) is 0.109. The van der Waals surface area contributed by atoms with Crippen LogP contribution in [0.1, 0.15) is 32.6 Å². The molecule has 1 aromatic carbocycles. The third-order valence-corrected chi connectivity index (χ3v) is 6.36. The topological polar surface area (TPSA) is 125 Å². The van der Waals surface area contributed by atoms with E-state index in [1.807, 2.05) is 6.92 Å². The van der Waals surface area contributed by atoms with Crippen molar-refractivity contribution in [2.45, 2.75) is 43.0 Å². The first-order valence-electron chi connectivity index (χ1n) is 7.82. The Hall–Kier alpha value is -1.71. The number of nitrogens with two attached hydrogens (primary N) is 1. The van der Waals surface area contributed by atoms with E-state index in [1.54, 1.807) is 0 Å². The second-order valence-corrected chi connectivity index (χ2v) is 7.89. The Morgan fingerprint density at radius 3 is 2.71 bits per heavy atom. The number of nitro benzene ring substituents is 1. The van der Waals surface area contributed by atoms with Crippen LogP contribution in [0, 0.1) is 16.0 Å². The molecule has 3 N–H and O–H groups in total. The molecule has 0 amide bonds. The van der Waals surface area contributed by atoms with Crippen molar-refractivity contribution in [3.05, 3.63) is 28.3 Å². The van der Waals surface area contributed by atoms with Gasteiger partial charge in [0.15, 0.2) is 5.75 Å². The highest BCUT2D eigenvalue weighted by atomic mass is 32.2. The molecular weight excluding hydrogens is 334 g/mol. The number of methoxy groups -OCH3 is 1. The molecule has 0 bridgehead atoms. The molecule has 2 unspecified atom stereocenters. The molecule has 1 aliphatic carbocycles. The summed E-state index contributed by atoms with van der Waals surface area (Å²) in [6, 6.07) is 3.59. The summed E-state index contributed by atoms with van der Waals surface area (Å²) in [4.78, 5) is 10.3. The van der Waals surface area contributed by atoms with E-state index in [2.05, 4.69) is 4.72 Å². The summed E-state index contributed by atoms with van der Waals surface area (Å²) < 4.78 is 33.1. The van der Waals surface area contributed by atoms with E-state index in [1.165, 1.54) is 19.2 Å². The van der Waals surface area contributed by atoms with Crippen LogP contribution < -0.4 is 15.2 Å². The molecule has 0 aromatic heterocycles. The van der Waals surface area contributed by atoms with Crippen molar-refractivity contribution in [1.29, 1.82) is 0 Å². The van der Waals surface area contributed by atoms with Gasteiger partial charge in [0, 0.05) is 18.2 Å². The number of sulfonamides is 1. The number of benzene rings is 1. The maximum absolute atomic E-state index is 12.8. The summed E-state index contributed by atoms with van der Waals surface area (Å²) in [6.07, 6.45) is 3.48. The first-order valence-corrected chi connectivity index (χ1v) is 9.30. The normalized spacial score (nSPS) is 24.5. The number of hydrogen-bond acceptors (Lipinski definition) is 6. The van der Waals surface area contributed by atoms with Crippen LogP contribution in [0.2, 0.25) is 0 Å². The van der Waals surface area contributed by atoms with Crippen molar-refractivity contribution in [2.24, 2.45) is 11.7 Å². The zero-order valence-corrected chi connectivity index (χ0v) is 14.6. The molecule has 0 saturated heterocycles. The molecule has 8 nitrogen and oxygen atoms in total. The Balaban J connectivity index is 2.40. The number of hydrogen-bond donors (Lipinski definition) is 2. The van der Waals surface area contributed by atoms with Gasteiger partial charge < -0.3 is 10.5 Å². The first kappa shape index (κ1) is 18.6. The highest BCUT2D eigenvalue weighted by Crippen LogP contribution is 2.35. The van der Waals surface area contributed by atoms with Gasteiger partial charge in [-0.15, -0.1) is 0 Å². The average molecular weight is 357 g/mol. The van der Waals surface area contributed by atoms with Crippen molar-refractivity contribution in [3.8, 4) is 5.75 Å². The molecule has 0 spiro atoms. The van der Waals surface area contributed by atoms with E-state index >= 15 is 0 Å². The van der Waals surface area contributed by atoms with Crippen molar-refractivity contribution in [2.75, 3.05) is 13.7 Å². The van der Waals surface area contributed by atoms with Crippen LogP contribution in [0.5, 0.6) is 5.75 Å². The van der Waals surface area contributed by atoms with Gasteiger partial charge in [0.2, 0.25) is 10.0 Å². The van der Waals surface area contributed by atoms with Crippen LogP contribution in [0.3, 0.4) is 0 Å². The van der Waals surface area contributed by atoms with Crippen LogP contribution in [0.15, 0.2) is 23.1 Å². The lowest BCUT2D eigenvalue weighted by Crippen LogP contribution is -2.58. The van der Waals surface area contributed by atoms with E-state index in [0.717, 1.165) is 25.3 Å². The highest BCUT2D eigenvalue weighted by molar-refractivity contribution is 7.89. The standard InChI is InChI=1S/C15H23N3O5S/c1-11-5-3-4-8-15(11,10-16)17-24(21,22)12-6-7-14(23-2)13(9-12)18(19)20/h6-7,9,11,17H,3-5,8,10,16H2,1-2H3. The predicted octanol–water partition coefficient (Wildman–Crippen LogP) is 1.79. The Labute approximate surface area is 141 Å². The maximum atomic E-state index is 12.8. The molecular formula is C15H23N3O5S. The fraction of sp³-hybridized carbons (Fsp3) is 0.600. The SMILES string of the molecule is COc1ccc(S(=O)(=O)NC2(CN)CCCCC2C)cc1[N+](=O)[O-]. The molecule has 0 heterocycles. The zero-order chi connectivity index (χ0) is 18.0. The smallest absolute Gasteiger partial charge is 0.312 e. The highest BCUT2D eigenvalue weighted by Gasteiger charge is 2.41. The third-order valence-electron chi connectivity index (χ3n) is 4.81. The summed E-state index contributed by atoms with van der Waals surface area (Å²) in [7, 11) is -2.64. The Bertz CT molecular complexity index is 722. The molecule has 1 aliphatic rings. The maximum Gasteiger partial charge on any atom is 0.312 e. The van der Waals surface area contributed by atoms with E-state index < -0.39 is 20.5 Å². The minimum Gasteiger partial charge on any atom is -0.490 e. The lowest BCUT2D eigenvalue weighted by atomic mass is 9.74. The molecule has 24 heavy (non-hydrogen) atoms. The van der Waals surface area contributed by atoms with Crippen molar-refractivity contribution < 1.29 is 18.1 Å². The molecule has 9 heteroatoms. The van der Waals surface area contributed by atoms with Gasteiger partial charge in [-0.3, -0.25) is 10.1 Å². The van der Waals surface area contributed by atoms with E-state index in [-0.39, 0.29) is 28.8 Å². The summed E-state index contributed by atoms with van der Waals surface area (Å²) in [5, 5.41) is 11.1.